The predicted octanol–water partition coefficient (Wildman–Crippen LogP) is 1.77. The van der Waals surface area contributed by atoms with Gasteiger partial charge in [0.25, 0.3) is 0 Å². The van der Waals surface area contributed by atoms with E-state index < -0.39 is 11.8 Å². The van der Waals surface area contributed by atoms with Gasteiger partial charge in [-0.2, -0.15) is 0 Å². The third-order valence-corrected chi connectivity index (χ3v) is 2.35. The minimum Gasteiger partial charge on any atom is -0.346 e. The molecule has 4 heteroatoms. The van der Waals surface area contributed by atoms with Gasteiger partial charge in [-0.05, 0) is 38.8 Å². The van der Waals surface area contributed by atoms with Gasteiger partial charge in [0.2, 0.25) is 0 Å². The molecule has 1 rings (SSSR count). The number of carbonyl (C=O) groups excluding carboxylic acids is 2. The van der Waals surface area contributed by atoms with Crippen LogP contribution in [0.3, 0.4) is 0 Å². The molecule has 0 saturated heterocycles. The number of hydrogen-bond donors (Lipinski definition) is 2. The van der Waals surface area contributed by atoms with Crippen molar-refractivity contribution in [1.29, 1.82) is 0 Å². The molecule has 1 aromatic rings. The minimum absolute atomic E-state index is 0.0498. The van der Waals surface area contributed by atoms with Crippen molar-refractivity contribution in [3.8, 4) is 0 Å². The molecule has 0 aliphatic rings. The Morgan fingerprint density at radius 3 is 2.06 bits per heavy atom. The largest absolute Gasteiger partial charge is 0.346 e. The maximum atomic E-state index is 11.6. The van der Waals surface area contributed by atoms with Gasteiger partial charge in [0.05, 0.1) is 0 Å². The second kappa shape index (κ2) is 5.48. The standard InChI is InChI=1S/C13H18N2O2/c1-8(2)14-12(16)13(17)15-11-9(3)6-5-7-10(11)4/h5-8H,1-4H3,(H,14,16)(H,15,17). The first kappa shape index (κ1) is 13.2. The van der Waals surface area contributed by atoms with E-state index >= 15 is 0 Å². The Hall–Kier alpha value is -1.84. The molecule has 1 aromatic carbocycles. The summed E-state index contributed by atoms with van der Waals surface area (Å²) >= 11 is 0. The van der Waals surface area contributed by atoms with E-state index in [1.807, 2.05) is 45.9 Å². The van der Waals surface area contributed by atoms with Gasteiger partial charge in [-0.15, -0.1) is 0 Å². The van der Waals surface area contributed by atoms with Gasteiger partial charge >= 0.3 is 11.8 Å². The predicted molar refractivity (Wildman–Crippen MR) is 67.8 cm³/mol. The van der Waals surface area contributed by atoms with Crippen LogP contribution in [0, 0.1) is 13.8 Å². The van der Waals surface area contributed by atoms with Crippen molar-refractivity contribution in [2.24, 2.45) is 0 Å². The monoisotopic (exact) mass is 234 g/mol. The zero-order chi connectivity index (χ0) is 13.0. The van der Waals surface area contributed by atoms with Gasteiger partial charge in [0.1, 0.15) is 0 Å². The molecule has 0 radical (unpaired) electrons. The Morgan fingerprint density at radius 2 is 1.59 bits per heavy atom. The molecule has 0 aromatic heterocycles. The van der Waals surface area contributed by atoms with Crippen LogP contribution in [0.1, 0.15) is 25.0 Å². The number of nitrogens with one attached hydrogen (secondary N) is 2. The average molecular weight is 234 g/mol. The first-order valence-electron chi connectivity index (χ1n) is 5.60. The maximum absolute atomic E-state index is 11.6. The smallest absolute Gasteiger partial charge is 0.313 e. The van der Waals surface area contributed by atoms with Crippen LogP contribution in [0.2, 0.25) is 0 Å². The summed E-state index contributed by atoms with van der Waals surface area (Å²) in [6.07, 6.45) is 0. The number of para-hydroxylation sites is 1. The number of rotatable bonds is 2. The van der Waals surface area contributed by atoms with E-state index in [1.54, 1.807) is 0 Å². The first-order chi connectivity index (χ1) is 7.91. The van der Waals surface area contributed by atoms with E-state index in [9.17, 15) is 9.59 Å². The molecule has 0 aliphatic heterocycles. The molecule has 0 bridgehead atoms. The summed E-state index contributed by atoms with van der Waals surface area (Å²) in [5, 5.41) is 5.18. The molecular formula is C13H18N2O2. The summed E-state index contributed by atoms with van der Waals surface area (Å²) in [5.41, 5.74) is 2.59. The zero-order valence-electron chi connectivity index (χ0n) is 10.6. The Labute approximate surface area is 101 Å². The molecule has 92 valence electrons. The lowest BCUT2D eigenvalue weighted by molar-refractivity contribution is -0.136. The van der Waals surface area contributed by atoms with Crippen molar-refractivity contribution < 1.29 is 9.59 Å². The highest BCUT2D eigenvalue weighted by Gasteiger charge is 2.16. The normalized spacial score (nSPS) is 10.2. The van der Waals surface area contributed by atoms with Crippen LogP contribution in [-0.2, 0) is 9.59 Å². The Morgan fingerprint density at radius 1 is 1.06 bits per heavy atom. The molecule has 0 aliphatic carbocycles. The van der Waals surface area contributed by atoms with E-state index in [1.165, 1.54) is 0 Å². The number of carbonyl (C=O) groups is 2. The fourth-order valence-corrected chi connectivity index (χ4v) is 1.51. The Bertz CT molecular complexity index is 419. The average Bonchev–Trinajstić information content (AvgIpc) is 2.22. The molecule has 17 heavy (non-hydrogen) atoms. The van der Waals surface area contributed by atoms with Crippen molar-refractivity contribution >= 4 is 17.5 Å². The summed E-state index contributed by atoms with van der Waals surface area (Å²) in [6.45, 7) is 7.40. The molecule has 0 unspecified atom stereocenters. The summed E-state index contributed by atoms with van der Waals surface area (Å²) in [6, 6.07) is 5.65. The van der Waals surface area contributed by atoms with E-state index in [0.717, 1.165) is 11.1 Å². The van der Waals surface area contributed by atoms with E-state index in [2.05, 4.69) is 10.6 Å². The molecule has 0 atom stereocenters. The van der Waals surface area contributed by atoms with Gasteiger partial charge < -0.3 is 10.6 Å². The van der Waals surface area contributed by atoms with Crippen molar-refractivity contribution in [3.63, 3.8) is 0 Å². The third-order valence-electron chi connectivity index (χ3n) is 2.35. The maximum Gasteiger partial charge on any atom is 0.313 e. The van der Waals surface area contributed by atoms with E-state index in [4.69, 9.17) is 0 Å². The van der Waals surface area contributed by atoms with Crippen LogP contribution in [0.25, 0.3) is 0 Å². The molecule has 2 N–H and O–H groups in total. The van der Waals surface area contributed by atoms with Crippen LogP contribution in [0.15, 0.2) is 18.2 Å². The van der Waals surface area contributed by atoms with Crippen molar-refractivity contribution in [2.45, 2.75) is 33.7 Å². The number of benzene rings is 1. The van der Waals surface area contributed by atoms with Crippen LogP contribution in [-0.4, -0.2) is 17.9 Å². The van der Waals surface area contributed by atoms with Crippen LogP contribution in [0.5, 0.6) is 0 Å². The quantitative estimate of drug-likeness (QED) is 0.766. The minimum atomic E-state index is -0.629. The van der Waals surface area contributed by atoms with Gasteiger partial charge in [-0.3, -0.25) is 9.59 Å². The highest BCUT2D eigenvalue weighted by Crippen LogP contribution is 2.19. The molecular weight excluding hydrogens is 216 g/mol. The van der Waals surface area contributed by atoms with Gasteiger partial charge in [0, 0.05) is 11.7 Å². The van der Waals surface area contributed by atoms with Gasteiger partial charge in [-0.1, -0.05) is 18.2 Å². The summed E-state index contributed by atoms with van der Waals surface area (Å²) in [4.78, 5) is 23.1. The fourth-order valence-electron chi connectivity index (χ4n) is 1.51. The zero-order valence-corrected chi connectivity index (χ0v) is 10.6. The topological polar surface area (TPSA) is 58.2 Å². The van der Waals surface area contributed by atoms with Gasteiger partial charge in [0.15, 0.2) is 0 Å². The van der Waals surface area contributed by atoms with Crippen LogP contribution in [0.4, 0.5) is 5.69 Å². The lowest BCUT2D eigenvalue weighted by atomic mass is 10.1. The first-order valence-corrected chi connectivity index (χ1v) is 5.60. The van der Waals surface area contributed by atoms with Crippen LogP contribution >= 0.6 is 0 Å². The Balaban J connectivity index is 2.78. The molecule has 0 heterocycles. The second-order valence-electron chi connectivity index (χ2n) is 4.35. The molecule has 0 fully saturated rings. The summed E-state index contributed by atoms with van der Waals surface area (Å²) in [7, 11) is 0. The molecule has 0 saturated carbocycles. The summed E-state index contributed by atoms with van der Waals surface area (Å²) < 4.78 is 0. The lowest BCUT2D eigenvalue weighted by Crippen LogP contribution is -2.39. The fraction of sp³-hybridized carbons (Fsp3) is 0.385. The van der Waals surface area contributed by atoms with E-state index in [0.29, 0.717) is 5.69 Å². The Kier molecular flexibility index (Phi) is 4.26. The van der Waals surface area contributed by atoms with Crippen molar-refractivity contribution in [3.05, 3.63) is 29.3 Å². The number of anilines is 1. The third kappa shape index (κ3) is 3.59. The van der Waals surface area contributed by atoms with E-state index in [-0.39, 0.29) is 6.04 Å². The number of amides is 2. The lowest BCUT2D eigenvalue weighted by Gasteiger charge is -2.12. The summed E-state index contributed by atoms with van der Waals surface area (Å²) in [5.74, 6) is -1.24. The van der Waals surface area contributed by atoms with Crippen LogP contribution < -0.4 is 10.6 Å². The second-order valence-corrected chi connectivity index (χ2v) is 4.35. The molecule has 0 spiro atoms. The highest BCUT2D eigenvalue weighted by molar-refractivity contribution is 6.39. The SMILES string of the molecule is Cc1cccc(C)c1NC(=O)C(=O)NC(C)C. The number of aryl methyl sites for hydroxylation is 2. The van der Waals surface area contributed by atoms with Crippen molar-refractivity contribution in [2.75, 3.05) is 5.32 Å². The molecule has 2 amide bonds. The van der Waals surface area contributed by atoms with Gasteiger partial charge in [-0.25, -0.2) is 0 Å². The van der Waals surface area contributed by atoms with Crippen molar-refractivity contribution in [1.82, 2.24) is 5.32 Å². The number of hydrogen-bond acceptors (Lipinski definition) is 2. The molecule has 4 nitrogen and oxygen atoms in total. The highest BCUT2D eigenvalue weighted by atomic mass is 16.2.